The zero-order valence-electron chi connectivity index (χ0n) is 17.8. The summed E-state index contributed by atoms with van der Waals surface area (Å²) in [7, 11) is 0. The van der Waals surface area contributed by atoms with Crippen LogP contribution < -0.4 is 15.9 Å². The second-order valence-corrected chi connectivity index (χ2v) is 17.1. The minimum atomic E-state index is -2.97. The van der Waals surface area contributed by atoms with Gasteiger partial charge in [0.15, 0.2) is 0 Å². The van der Waals surface area contributed by atoms with Crippen molar-refractivity contribution in [2.75, 3.05) is 0 Å². The van der Waals surface area contributed by atoms with Gasteiger partial charge in [-0.05, 0) is 0 Å². The van der Waals surface area contributed by atoms with Crippen LogP contribution in [-0.4, -0.2) is 0 Å². The number of halogens is 1. The zero-order chi connectivity index (χ0) is 21.2. The average Bonchev–Trinajstić information content (AvgIpc) is 2.78. The molecule has 0 aliphatic rings. The summed E-state index contributed by atoms with van der Waals surface area (Å²) in [5, 5.41) is 1.16. The molecule has 0 aliphatic carbocycles. The molecule has 0 spiro atoms. The SMILES string of the molecule is Cc1ccc(C)c(CP(Br)(c2ccccc2)(c2ccccc2)c2ccccc2C)c1. The molecule has 4 aromatic rings. The van der Waals surface area contributed by atoms with Gasteiger partial charge in [-0.1, -0.05) is 0 Å². The maximum atomic E-state index is 4.59. The van der Waals surface area contributed by atoms with Crippen LogP contribution in [0.1, 0.15) is 22.3 Å². The van der Waals surface area contributed by atoms with Crippen LogP contribution in [0.4, 0.5) is 0 Å². The Morgan fingerprint density at radius 3 is 1.70 bits per heavy atom. The summed E-state index contributed by atoms with van der Waals surface area (Å²) in [6.45, 7) is 6.66. The average molecular weight is 475 g/mol. The summed E-state index contributed by atoms with van der Waals surface area (Å²) in [6, 6.07) is 37.8. The third kappa shape index (κ3) is 3.45. The monoisotopic (exact) mass is 474 g/mol. The Bertz CT molecular complexity index is 1130. The van der Waals surface area contributed by atoms with Crippen LogP contribution in [0, 0.1) is 20.8 Å². The Kier molecular flexibility index (Phi) is 5.71. The Hall–Kier alpha value is -2.21. The predicted molar refractivity (Wildman–Crippen MR) is 138 cm³/mol. The van der Waals surface area contributed by atoms with Crippen molar-refractivity contribution in [3.63, 3.8) is 0 Å². The number of benzene rings is 4. The van der Waals surface area contributed by atoms with E-state index in [4.69, 9.17) is 0 Å². The summed E-state index contributed by atoms with van der Waals surface area (Å²) in [5.41, 5.74) is 5.37. The first-order valence-electron chi connectivity index (χ1n) is 10.4. The summed E-state index contributed by atoms with van der Waals surface area (Å²) >= 11 is 4.59. The Labute approximate surface area is 188 Å². The van der Waals surface area contributed by atoms with Gasteiger partial charge in [0.1, 0.15) is 0 Å². The van der Waals surface area contributed by atoms with E-state index in [-0.39, 0.29) is 0 Å². The van der Waals surface area contributed by atoms with Crippen molar-refractivity contribution in [3.05, 3.63) is 125 Å². The molecule has 0 aromatic heterocycles. The van der Waals surface area contributed by atoms with E-state index in [0.717, 1.165) is 6.16 Å². The van der Waals surface area contributed by atoms with E-state index in [1.165, 1.54) is 38.2 Å². The first-order valence-corrected chi connectivity index (χ1v) is 14.8. The predicted octanol–water partition coefficient (Wildman–Crippen LogP) is 6.95. The van der Waals surface area contributed by atoms with E-state index in [2.05, 4.69) is 139 Å². The fourth-order valence-corrected chi connectivity index (χ4v) is 13.1. The second kappa shape index (κ2) is 8.14. The van der Waals surface area contributed by atoms with Crippen LogP contribution in [0.3, 0.4) is 0 Å². The van der Waals surface area contributed by atoms with Gasteiger partial charge < -0.3 is 0 Å². The molecule has 152 valence electrons. The van der Waals surface area contributed by atoms with Crippen molar-refractivity contribution in [2.24, 2.45) is 0 Å². The summed E-state index contributed by atoms with van der Waals surface area (Å²) in [6.07, 6.45) is 0.942. The summed E-state index contributed by atoms with van der Waals surface area (Å²) in [5.74, 6) is 0. The molecule has 0 amide bonds. The van der Waals surface area contributed by atoms with Crippen LogP contribution in [0.25, 0.3) is 0 Å². The molecule has 0 radical (unpaired) electrons. The van der Waals surface area contributed by atoms with Crippen LogP contribution in [0.5, 0.6) is 0 Å². The third-order valence-electron chi connectivity index (χ3n) is 6.18. The molecule has 0 saturated carbocycles. The molecule has 4 rings (SSSR count). The van der Waals surface area contributed by atoms with Crippen molar-refractivity contribution in [3.8, 4) is 0 Å². The van der Waals surface area contributed by atoms with Gasteiger partial charge in [0, 0.05) is 0 Å². The van der Waals surface area contributed by atoms with Crippen molar-refractivity contribution in [1.82, 2.24) is 0 Å². The molecule has 0 bridgehead atoms. The fraction of sp³-hybridized carbons (Fsp3) is 0.143. The Morgan fingerprint density at radius 1 is 0.600 bits per heavy atom. The zero-order valence-corrected chi connectivity index (χ0v) is 20.3. The molecule has 0 fully saturated rings. The number of rotatable bonds is 5. The molecule has 2 heteroatoms. The van der Waals surface area contributed by atoms with E-state index in [0.29, 0.717) is 0 Å². The van der Waals surface area contributed by atoms with Crippen molar-refractivity contribution < 1.29 is 0 Å². The van der Waals surface area contributed by atoms with Gasteiger partial charge in [0.25, 0.3) is 0 Å². The van der Waals surface area contributed by atoms with E-state index < -0.39 is 5.31 Å². The van der Waals surface area contributed by atoms with E-state index >= 15 is 0 Å². The number of aryl methyl sites for hydroxylation is 3. The van der Waals surface area contributed by atoms with Crippen molar-refractivity contribution >= 4 is 36.7 Å². The van der Waals surface area contributed by atoms with Gasteiger partial charge in [-0.2, -0.15) is 0 Å². The van der Waals surface area contributed by atoms with Gasteiger partial charge in [-0.25, -0.2) is 0 Å². The standard InChI is InChI=1S/C28H28BrP/c1-22-18-19-23(2)25(20-22)21-30(29,26-13-6-4-7-14-26,27-15-8-5-9-16-27)28-17-11-10-12-24(28)3/h4-20H,21H2,1-3H3. The summed E-state index contributed by atoms with van der Waals surface area (Å²) < 4.78 is 0. The van der Waals surface area contributed by atoms with E-state index in [9.17, 15) is 0 Å². The molecule has 0 saturated heterocycles. The Morgan fingerprint density at radius 2 is 1.13 bits per heavy atom. The van der Waals surface area contributed by atoms with Crippen LogP contribution in [0.2, 0.25) is 0 Å². The van der Waals surface area contributed by atoms with Gasteiger partial charge >= 0.3 is 189 Å². The molecule has 0 atom stereocenters. The molecular weight excluding hydrogens is 447 g/mol. The molecule has 0 N–H and O–H groups in total. The Balaban J connectivity index is 2.15. The number of hydrogen-bond donors (Lipinski definition) is 0. The first-order chi connectivity index (χ1) is 14.4. The van der Waals surface area contributed by atoms with Gasteiger partial charge in [-0.3, -0.25) is 0 Å². The maximum absolute atomic E-state index is 4.59. The normalized spacial score (nSPS) is 12.9. The van der Waals surface area contributed by atoms with Crippen LogP contribution in [0.15, 0.2) is 103 Å². The molecule has 30 heavy (non-hydrogen) atoms. The molecule has 4 aromatic carbocycles. The molecule has 0 unspecified atom stereocenters. The van der Waals surface area contributed by atoms with Crippen LogP contribution in [-0.2, 0) is 6.16 Å². The molecular formula is C28H28BrP. The van der Waals surface area contributed by atoms with Crippen molar-refractivity contribution in [1.29, 1.82) is 0 Å². The first kappa shape index (κ1) is 21.0. The van der Waals surface area contributed by atoms with Gasteiger partial charge in [0.2, 0.25) is 0 Å². The molecule has 0 heterocycles. The fourth-order valence-electron chi connectivity index (χ4n) is 4.55. The molecule has 0 aliphatic heterocycles. The minimum absolute atomic E-state index is 0.942. The van der Waals surface area contributed by atoms with Crippen LogP contribution >= 0.6 is 20.8 Å². The van der Waals surface area contributed by atoms with Gasteiger partial charge in [-0.15, -0.1) is 0 Å². The van der Waals surface area contributed by atoms with Crippen molar-refractivity contribution in [2.45, 2.75) is 26.9 Å². The van der Waals surface area contributed by atoms with E-state index in [1.807, 2.05) is 0 Å². The quantitative estimate of drug-likeness (QED) is 0.274. The topological polar surface area (TPSA) is 0 Å². The third-order valence-corrected chi connectivity index (χ3v) is 15.7. The second-order valence-electron chi connectivity index (χ2n) is 8.23. The van der Waals surface area contributed by atoms with Gasteiger partial charge in [0.05, 0.1) is 0 Å². The molecule has 0 nitrogen and oxygen atoms in total. The van der Waals surface area contributed by atoms with E-state index in [1.54, 1.807) is 0 Å². The summed E-state index contributed by atoms with van der Waals surface area (Å²) in [4.78, 5) is 0. The number of hydrogen-bond acceptors (Lipinski definition) is 0.